The molecule has 2 heterocycles. The van der Waals surface area contributed by atoms with Crippen LogP contribution in [0.4, 0.5) is 0 Å². The second-order valence-electron chi connectivity index (χ2n) is 9.17. The Kier molecular flexibility index (Phi) is 9.33. The number of ether oxygens (including phenoxy) is 2. The van der Waals surface area contributed by atoms with Crippen LogP contribution in [-0.2, 0) is 9.47 Å². The number of hydrogen-bond donors (Lipinski definition) is 2. The van der Waals surface area contributed by atoms with Gasteiger partial charge in [0, 0.05) is 57.9 Å². The van der Waals surface area contributed by atoms with E-state index in [1.165, 1.54) is 19.5 Å². The van der Waals surface area contributed by atoms with Crippen LogP contribution in [0.25, 0.3) is 0 Å². The van der Waals surface area contributed by atoms with Gasteiger partial charge < -0.3 is 20.1 Å². The third-order valence-corrected chi connectivity index (χ3v) is 5.77. The molecule has 2 saturated heterocycles. The Labute approximate surface area is 166 Å². The minimum Gasteiger partial charge on any atom is -0.381 e. The second-order valence-corrected chi connectivity index (χ2v) is 9.17. The van der Waals surface area contributed by atoms with E-state index in [1.54, 1.807) is 0 Å². The van der Waals surface area contributed by atoms with Crippen molar-refractivity contribution >= 4 is 5.96 Å². The summed E-state index contributed by atoms with van der Waals surface area (Å²) in [4.78, 5) is 7.00. The van der Waals surface area contributed by atoms with Gasteiger partial charge in [0.15, 0.2) is 5.96 Å². The summed E-state index contributed by atoms with van der Waals surface area (Å²) in [6, 6.07) is 0. The van der Waals surface area contributed by atoms with E-state index in [0.717, 1.165) is 70.2 Å². The van der Waals surface area contributed by atoms with E-state index in [9.17, 15) is 0 Å². The van der Waals surface area contributed by atoms with Gasteiger partial charge in [0.2, 0.25) is 0 Å². The average molecular weight is 383 g/mol. The number of nitrogens with one attached hydrogen (secondary N) is 2. The van der Waals surface area contributed by atoms with Gasteiger partial charge in [-0.2, -0.15) is 0 Å². The van der Waals surface area contributed by atoms with Gasteiger partial charge in [-0.05, 0) is 44.9 Å². The molecule has 0 aromatic rings. The maximum Gasteiger partial charge on any atom is 0.191 e. The SMILES string of the molecule is CN=C(NCCCOCC1CCOC1)NCC(C)(C)N1CC(C)CC(C)C1. The number of likely N-dealkylation sites (tertiary alicyclic amines) is 1. The first kappa shape index (κ1) is 22.4. The van der Waals surface area contributed by atoms with Crippen LogP contribution in [0, 0.1) is 17.8 Å². The first-order chi connectivity index (χ1) is 12.9. The maximum atomic E-state index is 5.76. The first-order valence-electron chi connectivity index (χ1n) is 10.8. The van der Waals surface area contributed by atoms with Crippen LogP contribution in [0.5, 0.6) is 0 Å². The molecule has 158 valence electrons. The fourth-order valence-electron chi connectivity index (χ4n) is 4.14. The lowest BCUT2D eigenvalue weighted by Gasteiger charge is -2.45. The molecule has 0 saturated carbocycles. The van der Waals surface area contributed by atoms with Crippen molar-refractivity contribution in [2.75, 3.05) is 59.7 Å². The Bertz CT molecular complexity index is 439. The van der Waals surface area contributed by atoms with Gasteiger partial charge in [-0.15, -0.1) is 0 Å². The Morgan fingerprint density at radius 3 is 2.59 bits per heavy atom. The first-order valence-corrected chi connectivity index (χ1v) is 10.8. The predicted octanol–water partition coefficient (Wildman–Crippen LogP) is 2.35. The molecule has 2 N–H and O–H groups in total. The highest BCUT2D eigenvalue weighted by molar-refractivity contribution is 5.79. The van der Waals surface area contributed by atoms with Crippen molar-refractivity contribution in [3.05, 3.63) is 0 Å². The van der Waals surface area contributed by atoms with E-state index in [2.05, 4.69) is 48.2 Å². The molecular formula is C21H42N4O2. The minimum absolute atomic E-state index is 0.118. The van der Waals surface area contributed by atoms with Crippen molar-refractivity contribution < 1.29 is 9.47 Å². The molecule has 3 atom stereocenters. The number of nitrogens with zero attached hydrogens (tertiary/aromatic N) is 2. The minimum atomic E-state index is 0.118. The Morgan fingerprint density at radius 1 is 1.22 bits per heavy atom. The van der Waals surface area contributed by atoms with Gasteiger partial charge in [-0.3, -0.25) is 9.89 Å². The lowest BCUT2D eigenvalue weighted by molar-refractivity contribution is 0.0483. The standard InChI is InChI=1S/C21H42N4O2/c1-17-11-18(2)13-25(12-17)21(3,4)16-24-20(22-5)23-8-6-9-26-14-19-7-10-27-15-19/h17-19H,6-16H2,1-5H3,(H2,22,23,24). The molecule has 0 amide bonds. The maximum absolute atomic E-state index is 5.76. The highest BCUT2D eigenvalue weighted by Gasteiger charge is 2.32. The smallest absolute Gasteiger partial charge is 0.191 e. The van der Waals surface area contributed by atoms with Crippen molar-refractivity contribution in [2.45, 2.75) is 52.5 Å². The number of aliphatic imine (C=N–C) groups is 1. The predicted molar refractivity (Wildman–Crippen MR) is 112 cm³/mol. The van der Waals surface area contributed by atoms with Crippen LogP contribution in [0.1, 0.15) is 47.0 Å². The van der Waals surface area contributed by atoms with E-state index in [1.807, 2.05) is 7.05 Å². The summed E-state index contributed by atoms with van der Waals surface area (Å²) in [7, 11) is 1.84. The van der Waals surface area contributed by atoms with Crippen LogP contribution >= 0.6 is 0 Å². The lowest BCUT2D eigenvalue weighted by atomic mass is 9.88. The summed E-state index contributed by atoms with van der Waals surface area (Å²) >= 11 is 0. The van der Waals surface area contributed by atoms with E-state index in [4.69, 9.17) is 9.47 Å². The largest absolute Gasteiger partial charge is 0.381 e. The Hall–Kier alpha value is -0.850. The normalized spacial score (nSPS) is 27.7. The third kappa shape index (κ3) is 7.96. The van der Waals surface area contributed by atoms with Crippen LogP contribution < -0.4 is 10.6 Å². The second kappa shape index (κ2) is 11.2. The molecule has 2 aliphatic heterocycles. The van der Waals surface area contributed by atoms with Crippen LogP contribution in [-0.4, -0.2) is 76.1 Å². The van der Waals surface area contributed by atoms with Gasteiger partial charge in [0.25, 0.3) is 0 Å². The molecule has 6 nitrogen and oxygen atoms in total. The topological polar surface area (TPSA) is 58.1 Å². The third-order valence-electron chi connectivity index (χ3n) is 5.77. The van der Waals surface area contributed by atoms with Gasteiger partial charge in [-0.25, -0.2) is 0 Å². The summed E-state index contributed by atoms with van der Waals surface area (Å²) < 4.78 is 11.1. The van der Waals surface area contributed by atoms with Crippen LogP contribution in [0.2, 0.25) is 0 Å². The summed E-state index contributed by atoms with van der Waals surface area (Å²) in [6.45, 7) is 16.9. The molecule has 3 unspecified atom stereocenters. The highest BCUT2D eigenvalue weighted by atomic mass is 16.5. The number of guanidine groups is 1. The molecule has 2 fully saturated rings. The van der Waals surface area contributed by atoms with Crippen molar-refractivity contribution in [3.63, 3.8) is 0 Å². The summed E-state index contributed by atoms with van der Waals surface area (Å²) in [5.74, 6) is 3.03. The zero-order valence-corrected chi connectivity index (χ0v) is 18.2. The number of hydrogen-bond acceptors (Lipinski definition) is 4. The molecule has 0 aliphatic carbocycles. The molecule has 0 spiro atoms. The molecular weight excluding hydrogens is 340 g/mol. The molecule has 0 aromatic heterocycles. The zero-order chi connectivity index (χ0) is 19.7. The van der Waals surface area contributed by atoms with Crippen molar-refractivity contribution in [1.82, 2.24) is 15.5 Å². The van der Waals surface area contributed by atoms with E-state index >= 15 is 0 Å². The quantitative estimate of drug-likeness (QED) is 0.364. The van der Waals surface area contributed by atoms with Gasteiger partial charge in [0.1, 0.15) is 0 Å². The molecule has 2 rings (SSSR count). The number of rotatable bonds is 9. The molecule has 2 aliphatic rings. The Morgan fingerprint density at radius 2 is 1.96 bits per heavy atom. The van der Waals surface area contributed by atoms with Crippen molar-refractivity contribution in [1.29, 1.82) is 0 Å². The fraction of sp³-hybridized carbons (Fsp3) is 0.952. The zero-order valence-electron chi connectivity index (χ0n) is 18.2. The summed E-state index contributed by atoms with van der Waals surface area (Å²) in [5, 5.41) is 6.92. The van der Waals surface area contributed by atoms with Crippen LogP contribution in [0.15, 0.2) is 4.99 Å². The van der Waals surface area contributed by atoms with Gasteiger partial charge in [0.05, 0.1) is 13.2 Å². The molecule has 0 radical (unpaired) electrons. The summed E-state index contributed by atoms with van der Waals surface area (Å²) in [6.07, 6.45) is 3.47. The lowest BCUT2D eigenvalue weighted by Crippen LogP contribution is -2.57. The fourth-order valence-corrected chi connectivity index (χ4v) is 4.14. The number of piperidine rings is 1. The van der Waals surface area contributed by atoms with Crippen molar-refractivity contribution in [2.24, 2.45) is 22.7 Å². The summed E-state index contributed by atoms with van der Waals surface area (Å²) in [5.41, 5.74) is 0.118. The monoisotopic (exact) mass is 382 g/mol. The van der Waals surface area contributed by atoms with Crippen molar-refractivity contribution in [3.8, 4) is 0 Å². The molecule has 0 bridgehead atoms. The van der Waals surface area contributed by atoms with E-state index in [-0.39, 0.29) is 5.54 Å². The molecule has 6 heteroatoms. The van der Waals surface area contributed by atoms with E-state index < -0.39 is 0 Å². The van der Waals surface area contributed by atoms with E-state index in [0.29, 0.717) is 5.92 Å². The average Bonchev–Trinajstić information content (AvgIpc) is 3.13. The molecule has 0 aromatic carbocycles. The van der Waals surface area contributed by atoms with Gasteiger partial charge in [-0.1, -0.05) is 13.8 Å². The highest BCUT2D eigenvalue weighted by Crippen LogP contribution is 2.26. The van der Waals surface area contributed by atoms with Crippen LogP contribution in [0.3, 0.4) is 0 Å². The molecule has 27 heavy (non-hydrogen) atoms. The van der Waals surface area contributed by atoms with Gasteiger partial charge >= 0.3 is 0 Å². The Balaban J connectivity index is 1.61.